The van der Waals surface area contributed by atoms with Crippen molar-refractivity contribution >= 4 is 11.5 Å². The van der Waals surface area contributed by atoms with E-state index in [0.717, 1.165) is 11.1 Å². The van der Waals surface area contributed by atoms with E-state index in [1.165, 1.54) is 18.3 Å². The summed E-state index contributed by atoms with van der Waals surface area (Å²) in [5, 5.41) is 0. The first-order valence-corrected chi connectivity index (χ1v) is 5.56. The van der Waals surface area contributed by atoms with E-state index in [1.807, 2.05) is 0 Å². The number of nitrogens with two attached hydrogens (primary N) is 1. The van der Waals surface area contributed by atoms with Crippen molar-refractivity contribution in [1.29, 1.82) is 0 Å². The Morgan fingerprint density at radius 1 is 1.39 bits per heavy atom. The van der Waals surface area contributed by atoms with Crippen LogP contribution in [0.3, 0.4) is 0 Å². The highest BCUT2D eigenvalue weighted by molar-refractivity contribution is 6.00. The maximum Gasteiger partial charge on any atom is 0.187 e. The lowest BCUT2D eigenvalue weighted by atomic mass is 10.0. The van der Waals surface area contributed by atoms with E-state index in [9.17, 15) is 9.18 Å². The number of carbonyl (C=O) groups excluding carboxylic acids is 1. The van der Waals surface area contributed by atoms with Crippen LogP contribution in [-0.2, 0) is 6.42 Å². The van der Waals surface area contributed by atoms with Crippen molar-refractivity contribution in [1.82, 2.24) is 4.98 Å². The van der Waals surface area contributed by atoms with E-state index >= 15 is 0 Å². The van der Waals surface area contributed by atoms with Crippen LogP contribution in [0.15, 0.2) is 36.5 Å². The third-order valence-electron chi connectivity index (χ3n) is 2.76. The van der Waals surface area contributed by atoms with E-state index in [2.05, 4.69) is 4.98 Å². The maximum atomic E-state index is 13.0. The molecule has 18 heavy (non-hydrogen) atoms. The summed E-state index contributed by atoms with van der Waals surface area (Å²) in [5.41, 5.74) is 7.85. The van der Waals surface area contributed by atoms with Crippen molar-refractivity contribution in [3.63, 3.8) is 0 Å². The first-order chi connectivity index (χ1) is 8.58. The Bertz CT molecular complexity index is 596. The van der Waals surface area contributed by atoms with Gasteiger partial charge in [-0.15, -0.1) is 0 Å². The highest BCUT2D eigenvalue weighted by Gasteiger charge is 2.13. The molecule has 2 N–H and O–H groups in total. The molecule has 0 aliphatic carbocycles. The van der Waals surface area contributed by atoms with E-state index < -0.39 is 0 Å². The molecule has 1 heterocycles. The minimum Gasteiger partial charge on any atom is -0.397 e. The predicted octanol–water partition coefficient (Wildman–Crippen LogP) is 2.54. The minimum absolute atomic E-state index is 0.164. The van der Waals surface area contributed by atoms with Crippen LogP contribution in [0.2, 0.25) is 0 Å². The van der Waals surface area contributed by atoms with Gasteiger partial charge in [-0.2, -0.15) is 0 Å². The molecular formula is C14H13FN2O. The first-order valence-electron chi connectivity index (χ1n) is 5.56. The predicted molar refractivity (Wildman–Crippen MR) is 67.8 cm³/mol. The van der Waals surface area contributed by atoms with Crippen molar-refractivity contribution in [2.24, 2.45) is 0 Å². The molecule has 1 aromatic heterocycles. The molecule has 92 valence electrons. The molecule has 0 atom stereocenters. The SMILES string of the molecule is Cc1cc(F)ccc1CC(=O)c1ncccc1N. The topological polar surface area (TPSA) is 56.0 Å². The molecule has 0 saturated carbocycles. The second kappa shape index (κ2) is 4.96. The monoisotopic (exact) mass is 244 g/mol. The summed E-state index contributed by atoms with van der Waals surface area (Å²) in [5.74, 6) is -0.469. The zero-order chi connectivity index (χ0) is 13.1. The van der Waals surface area contributed by atoms with Gasteiger partial charge in [-0.1, -0.05) is 6.07 Å². The average Bonchev–Trinajstić information content (AvgIpc) is 2.33. The molecule has 0 aliphatic heterocycles. The van der Waals surface area contributed by atoms with Crippen LogP contribution in [0.5, 0.6) is 0 Å². The van der Waals surface area contributed by atoms with Crippen LogP contribution in [0, 0.1) is 12.7 Å². The van der Waals surface area contributed by atoms with Gasteiger partial charge in [-0.3, -0.25) is 9.78 Å². The number of benzene rings is 1. The molecule has 0 spiro atoms. The summed E-state index contributed by atoms with van der Waals surface area (Å²) in [6.07, 6.45) is 1.70. The number of pyridine rings is 1. The third kappa shape index (κ3) is 2.53. The number of rotatable bonds is 3. The zero-order valence-electron chi connectivity index (χ0n) is 9.98. The first kappa shape index (κ1) is 12.2. The number of carbonyl (C=O) groups is 1. The number of Topliss-reactive ketones (excluding diaryl/α,β-unsaturated/α-hetero) is 1. The van der Waals surface area contributed by atoms with Crippen molar-refractivity contribution in [2.45, 2.75) is 13.3 Å². The number of halogens is 1. The molecule has 0 bridgehead atoms. The summed E-state index contributed by atoms with van der Waals surface area (Å²) in [7, 11) is 0. The van der Waals surface area contributed by atoms with Gasteiger partial charge >= 0.3 is 0 Å². The van der Waals surface area contributed by atoms with Crippen LogP contribution in [-0.4, -0.2) is 10.8 Å². The molecule has 2 rings (SSSR count). The molecular weight excluding hydrogens is 231 g/mol. The second-order valence-corrected chi connectivity index (χ2v) is 4.11. The number of hydrogen-bond acceptors (Lipinski definition) is 3. The molecule has 0 fully saturated rings. The molecule has 2 aromatic rings. The van der Waals surface area contributed by atoms with Crippen LogP contribution in [0.4, 0.5) is 10.1 Å². The fourth-order valence-corrected chi connectivity index (χ4v) is 1.77. The van der Waals surface area contributed by atoms with Gasteiger partial charge in [0.15, 0.2) is 5.78 Å². The molecule has 3 nitrogen and oxygen atoms in total. The molecule has 0 unspecified atom stereocenters. The Balaban J connectivity index is 2.24. The molecule has 4 heteroatoms. The lowest BCUT2D eigenvalue weighted by molar-refractivity contribution is 0.0989. The summed E-state index contributed by atoms with van der Waals surface area (Å²) >= 11 is 0. The highest BCUT2D eigenvalue weighted by Crippen LogP contribution is 2.15. The molecule has 0 radical (unpaired) electrons. The van der Waals surface area contributed by atoms with Gasteiger partial charge in [0.05, 0.1) is 5.69 Å². The van der Waals surface area contributed by atoms with Crippen LogP contribution in [0.1, 0.15) is 21.6 Å². The van der Waals surface area contributed by atoms with Gasteiger partial charge in [-0.05, 0) is 42.3 Å². The summed E-state index contributed by atoms with van der Waals surface area (Å²) < 4.78 is 13.0. The number of aromatic nitrogens is 1. The van der Waals surface area contributed by atoms with Crippen molar-refractivity contribution < 1.29 is 9.18 Å². The fourth-order valence-electron chi connectivity index (χ4n) is 1.77. The molecule has 0 amide bonds. The standard InChI is InChI=1S/C14H13FN2O/c1-9-7-11(15)5-4-10(9)8-13(18)14-12(16)3-2-6-17-14/h2-7H,8,16H2,1H3. The number of hydrogen-bond donors (Lipinski definition) is 1. The van der Waals surface area contributed by atoms with Gasteiger partial charge < -0.3 is 5.73 Å². The van der Waals surface area contributed by atoms with Crippen LogP contribution < -0.4 is 5.73 Å². The Kier molecular flexibility index (Phi) is 3.37. The lowest BCUT2D eigenvalue weighted by Gasteiger charge is -2.06. The van der Waals surface area contributed by atoms with Gasteiger partial charge in [-0.25, -0.2) is 4.39 Å². The van der Waals surface area contributed by atoms with Crippen LogP contribution >= 0.6 is 0 Å². The molecule has 0 saturated heterocycles. The lowest BCUT2D eigenvalue weighted by Crippen LogP contribution is -2.10. The second-order valence-electron chi connectivity index (χ2n) is 4.11. The largest absolute Gasteiger partial charge is 0.397 e. The van der Waals surface area contributed by atoms with E-state index in [4.69, 9.17) is 5.73 Å². The van der Waals surface area contributed by atoms with E-state index in [-0.39, 0.29) is 23.7 Å². The smallest absolute Gasteiger partial charge is 0.187 e. The zero-order valence-corrected chi connectivity index (χ0v) is 9.98. The average molecular weight is 244 g/mol. The third-order valence-corrected chi connectivity index (χ3v) is 2.76. The minimum atomic E-state index is -0.305. The van der Waals surface area contributed by atoms with E-state index in [1.54, 1.807) is 25.1 Å². The quantitative estimate of drug-likeness (QED) is 0.844. The van der Waals surface area contributed by atoms with Gasteiger partial charge in [0.1, 0.15) is 11.5 Å². The number of anilines is 1. The normalized spacial score (nSPS) is 10.3. The molecule has 0 aliphatic rings. The van der Waals surface area contributed by atoms with Gasteiger partial charge in [0.2, 0.25) is 0 Å². The number of ketones is 1. The maximum absolute atomic E-state index is 13.0. The Morgan fingerprint density at radius 2 is 2.17 bits per heavy atom. The summed E-state index contributed by atoms with van der Waals surface area (Å²) in [4.78, 5) is 16.0. The Labute approximate surface area is 104 Å². The molecule has 1 aromatic carbocycles. The summed E-state index contributed by atoms with van der Waals surface area (Å²) in [6.45, 7) is 1.77. The fraction of sp³-hybridized carbons (Fsp3) is 0.143. The van der Waals surface area contributed by atoms with Gasteiger partial charge in [0.25, 0.3) is 0 Å². The van der Waals surface area contributed by atoms with E-state index in [0.29, 0.717) is 5.69 Å². The van der Waals surface area contributed by atoms with Crippen molar-refractivity contribution in [2.75, 3.05) is 5.73 Å². The van der Waals surface area contributed by atoms with Crippen LogP contribution in [0.25, 0.3) is 0 Å². The number of aryl methyl sites for hydroxylation is 1. The van der Waals surface area contributed by atoms with Gasteiger partial charge in [0, 0.05) is 12.6 Å². The Hall–Kier alpha value is -2.23. The summed E-state index contributed by atoms with van der Waals surface area (Å²) in [6, 6.07) is 7.68. The number of nitrogens with zero attached hydrogens (tertiary/aromatic N) is 1. The Morgan fingerprint density at radius 3 is 2.83 bits per heavy atom. The van der Waals surface area contributed by atoms with Crippen molar-refractivity contribution in [3.8, 4) is 0 Å². The highest BCUT2D eigenvalue weighted by atomic mass is 19.1. The van der Waals surface area contributed by atoms with Crippen molar-refractivity contribution in [3.05, 3.63) is 59.2 Å². The number of nitrogen functional groups attached to an aromatic ring is 1.